The van der Waals surface area contributed by atoms with Crippen molar-refractivity contribution in [2.45, 2.75) is 33.3 Å². The van der Waals surface area contributed by atoms with E-state index in [1.165, 1.54) is 16.8 Å². The highest BCUT2D eigenvalue weighted by Gasteiger charge is 2.01. The molecule has 2 nitrogen and oxygen atoms in total. The maximum Gasteiger partial charge on any atom is 0.0528 e. The smallest absolute Gasteiger partial charge is 0.0528 e. The minimum absolute atomic E-state index is 0.230. The lowest BCUT2D eigenvalue weighted by Crippen LogP contribution is -2.11. The van der Waals surface area contributed by atoms with Gasteiger partial charge in [0, 0.05) is 12.2 Å². The Morgan fingerprint density at radius 3 is 2.36 bits per heavy atom. The molecule has 1 aromatic carbocycles. The molecule has 0 saturated carbocycles. The molecule has 0 amide bonds. The zero-order valence-electron chi connectivity index (χ0n) is 9.17. The summed E-state index contributed by atoms with van der Waals surface area (Å²) in [7, 11) is 0. The van der Waals surface area contributed by atoms with Crippen LogP contribution in [0.25, 0.3) is 0 Å². The van der Waals surface area contributed by atoms with Crippen molar-refractivity contribution < 1.29 is 5.11 Å². The number of benzene rings is 1. The lowest BCUT2D eigenvalue weighted by molar-refractivity contribution is 0.188. The fraction of sp³-hybridized carbons (Fsp3) is 0.500. The molecule has 1 rings (SSSR count). The molecular weight excluding hydrogens is 174 g/mol. The van der Waals surface area contributed by atoms with Gasteiger partial charge in [0.25, 0.3) is 0 Å². The Bertz CT molecular complexity index is 274. The summed E-state index contributed by atoms with van der Waals surface area (Å²) >= 11 is 0. The lowest BCUT2D eigenvalue weighted by Gasteiger charge is -2.13. The summed E-state index contributed by atoms with van der Waals surface area (Å²) in [5, 5.41) is 12.5. The third-order valence-electron chi connectivity index (χ3n) is 2.35. The van der Waals surface area contributed by atoms with Crippen LogP contribution in [0.4, 0.5) is 5.69 Å². The first-order chi connectivity index (χ1) is 6.61. The molecule has 1 unspecified atom stereocenters. The van der Waals surface area contributed by atoms with E-state index in [2.05, 4.69) is 37.4 Å². The van der Waals surface area contributed by atoms with Gasteiger partial charge in [0.05, 0.1) is 6.10 Å². The molecule has 0 bridgehead atoms. The highest BCUT2D eigenvalue weighted by atomic mass is 16.3. The summed E-state index contributed by atoms with van der Waals surface area (Å²) in [6, 6.07) is 6.25. The highest BCUT2D eigenvalue weighted by molar-refractivity contribution is 5.56. The van der Waals surface area contributed by atoms with Crippen LogP contribution in [0.3, 0.4) is 0 Å². The first-order valence-electron chi connectivity index (χ1n) is 5.09. The third-order valence-corrected chi connectivity index (χ3v) is 2.35. The van der Waals surface area contributed by atoms with Gasteiger partial charge >= 0.3 is 0 Å². The van der Waals surface area contributed by atoms with Crippen molar-refractivity contribution in [1.82, 2.24) is 0 Å². The highest BCUT2D eigenvalue weighted by Crippen LogP contribution is 2.19. The van der Waals surface area contributed by atoms with E-state index in [1.807, 2.05) is 6.92 Å². The lowest BCUT2D eigenvalue weighted by atomic mass is 10.1. The Hall–Kier alpha value is -1.02. The molecular formula is C12H19NO. The molecule has 0 radical (unpaired) electrons. The quantitative estimate of drug-likeness (QED) is 0.770. The van der Waals surface area contributed by atoms with Crippen LogP contribution in [0, 0.1) is 13.8 Å². The topological polar surface area (TPSA) is 32.3 Å². The molecule has 78 valence electrons. The molecule has 0 saturated heterocycles. The first-order valence-corrected chi connectivity index (χ1v) is 5.09. The van der Waals surface area contributed by atoms with Crippen LogP contribution < -0.4 is 5.32 Å². The molecule has 0 aliphatic rings. The van der Waals surface area contributed by atoms with E-state index in [4.69, 9.17) is 5.11 Å². The Balaban J connectivity index is 2.58. The Morgan fingerprint density at radius 1 is 1.29 bits per heavy atom. The second-order valence-corrected chi connectivity index (χ2v) is 3.83. The second-order valence-electron chi connectivity index (χ2n) is 3.83. The van der Waals surface area contributed by atoms with Gasteiger partial charge in [-0.1, -0.05) is 18.2 Å². The minimum atomic E-state index is -0.230. The standard InChI is InChI=1S/C12H19NO/c1-9-5-4-6-10(2)12(9)13-8-7-11(3)14/h4-6,11,13-14H,7-8H2,1-3H3. The van der Waals surface area contributed by atoms with Crippen LogP contribution in [0.2, 0.25) is 0 Å². The summed E-state index contributed by atoms with van der Waals surface area (Å²) in [5.41, 5.74) is 3.72. The van der Waals surface area contributed by atoms with Gasteiger partial charge in [0.1, 0.15) is 0 Å². The molecule has 2 N–H and O–H groups in total. The Morgan fingerprint density at radius 2 is 1.86 bits per heavy atom. The molecule has 0 aliphatic heterocycles. The summed E-state index contributed by atoms with van der Waals surface area (Å²) in [4.78, 5) is 0. The van der Waals surface area contributed by atoms with Crippen molar-refractivity contribution >= 4 is 5.69 Å². The summed E-state index contributed by atoms with van der Waals surface area (Å²) in [5.74, 6) is 0. The zero-order chi connectivity index (χ0) is 10.6. The van der Waals surface area contributed by atoms with Crippen LogP contribution in [-0.4, -0.2) is 17.8 Å². The molecule has 1 aromatic rings. The predicted octanol–water partition coefficient (Wildman–Crippen LogP) is 2.49. The number of nitrogens with one attached hydrogen (secondary N) is 1. The van der Waals surface area contributed by atoms with Crippen LogP contribution in [0.5, 0.6) is 0 Å². The van der Waals surface area contributed by atoms with Gasteiger partial charge in [0.15, 0.2) is 0 Å². The average Bonchev–Trinajstić information content (AvgIpc) is 2.09. The van der Waals surface area contributed by atoms with Gasteiger partial charge in [0.2, 0.25) is 0 Å². The van der Waals surface area contributed by atoms with Crippen molar-refractivity contribution in [1.29, 1.82) is 0 Å². The van der Waals surface area contributed by atoms with Gasteiger partial charge in [-0.15, -0.1) is 0 Å². The van der Waals surface area contributed by atoms with Crippen molar-refractivity contribution in [2.75, 3.05) is 11.9 Å². The maximum absolute atomic E-state index is 9.13. The number of rotatable bonds is 4. The molecule has 0 fully saturated rings. The Labute approximate surface area is 86.0 Å². The molecule has 0 aromatic heterocycles. The number of aliphatic hydroxyl groups excluding tert-OH is 1. The van der Waals surface area contributed by atoms with Crippen LogP contribution in [0.1, 0.15) is 24.5 Å². The van der Waals surface area contributed by atoms with Crippen molar-refractivity contribution in [3.63, 3.8) is 0 Å². The van der Waals surface area contributed by atoms with E-state index >= 15 is 0 Å². The average molecular weight is 193 g/mol. The number of aliphatic hydroxyl groups is 1. The molecule has 0 aliphatic carbocycles. The van der Waals surface area contributed by atoms with Gasteiger partial charge < -0.3 is 10.4 Å². The van der Waals surface area contributed by atoms with Crippen molar-refractivity contribution in [3.8, 4) is 0 Å². The molecule has 2 heteroatoms. The van der Waals surface area contributed by atoms with Gasteiger partial charge in [-0.25, -0.2) is 0 Å². The number of hydrogen-bond donors (Lipinski definition) is 2. The number of hydrogen-bond acceptors (Lipinski definition) is 2. The van der Waals surface area contributed by atoms with Gasteiger partial charge in [-0.2, -0.15) is 0 Å². The molecule has 14 heavy (non-hydrogen) atoms. The van der Waals surface area contributed by atoms with E-state index < -0.39 is 0 Å². The van der Waals surface area contributed by atoms with Crippen LogP contribution in [-0.2, 0) is 0 Å². The third kappa shape index (κ3) is 3.04. The molecule has 0 heterocycles. The SMILES string of the molecule is Cc1cccc(C)c1NCCC(C)O. The van der Waals surface area contributed by atoms with E-state index in [1.54, 1.807) is 0 Å². The minimum Gasteiger partial charge on any atom is -0.393 e. The van der Waals surface area contributed by atoms with Crippen LogP contribution in [0.15, 0.2) is 18.2 Å². The fourth-order valence-corrected chi connectivity index (χ4v) is 1.50. The molecule has 1 atom stereocenters. The van der Waals surface area contributed by atoms with E-state index in [-0.39, 0.29) is 6.10 Å². The molecule has 0 spiro atoms. The fourth-order valence-electron chi connectivity index (χ4n) is 1.50. The van der Waals surface area contributed by atoms with E-state index in [0.29, 0.717) is 0 Å². The summed E-state index contributed by atoms with van der Waals surface area (Å²) < 4.78 is 0. The first kappa shape index (κ1) is 11.1. The summed E-state index contributed by atoms with van der Waals surface area (Å²) in [6.45, 7) is 6.82. The van der Waals surface area contributed by atoms with Gasteiger partial charge in [-0.05, 0) is 38.3 Å². The second kappa shape index (κ2) is 5.01. The monoisotopic (exact) mass is 193 g/mol. The number of aryl methyl sites for hydroxylation is 2. The van der Waals surface area contributed by atoms with E-state index in [0.717, 1.165) is 13.0 Å². The zero-order valence-corrected chi connectivity index (χ0v) is 9.17. The maximum atomic E-state index is 9.13. The largest absolute Gasteiger partial charge is 0.393 e. The van der Waals surface area contributed by atoms with Crippen LogP contribution >= 0.6 is 0 Å². The normalized spacial score (nSPS) is 12.6. The number of anilines is 1. The predicted molar refractivity (Wildman–Crippen MR) is 60.7 cm³/mol. The van der Waals surface area contributed by atoms with E-state index in [9.17, 15) is 0 Å². The summed E-state index contributed by atoms with van der Waals surface area (Å²) in [6.07, 6.45) is 0.556. The van der Waals surface area contributed by atoms with Gasteiger partial charge in [-0.3, -0.25) is 0 Å². The Kier molecular flexibility index (Phi) is 3.96. The number of para-hydroxylation sites is 1. The van der Waals surface area contributed by atoms with Crippen molar-refractivity contribution in [2.24, 2.45) is 0 Å². The van der Waals surface area contributed by atoms with Crippen molar-refractivity contribution in [3.05, 3.63) is 29.3 Å².